The molecule has 2 nitrogen and oxygen atoms in total. The van der Waals surface area contributed by atoms with E-state index < -0.39 is 0 Å². The second-order valence-corrected chi connectivity index (χ2v) is 3.64. The zero-order valence-electron chi connectivity index (χ0n) is 9.35. The molecule has 0 fully saturated rings. The molecule has 3 heteroatoms. The van der Waals surface area contributed by atoms with Crippen LogP contribution >= 0.6 is 0 Å². The number of hydrogen-bond donors (Lipinski definition) is 1. The molecule has 0 amide bonds. The number of aryl methyl sites for hydroxylation is 1. The third-order valence-corrected chi connectivity index (χ3v) is 2.55. The molecule has 0 atom stereocenters. The summed E-state index contributed by atoms with van der Waals surface area (Å²) in [5.41, 5.74) is 7.46. The largest absolute Gasteiger partial charge is 0.496 e. The van der Waals surface area contributed by atoms with E-state index in [0.29, 0.717) is 12.3 Å². The molecule has 0 aliphatic rings. The summed E-state index contributed by atoms with van der Waals surface area (Å²) in [5, 5.41) is 0. The SMILES string of the molecule is COc1cc(F)cc(CCCCN)c1C. The van der Waals surface area contributed by atoms with Crippen LogP contribution in [0.1, 0.15) is 24.0 Å². The Hall–Kier alpha value is -1.09. The average molecular weight is 211 g/mol. The Bertz CT molecular complexity index is 326. The van der Waals surface area contributed by atoms with Crippen molar-refractivity contribution < 1.29 is 9.13 Å². The van der Waals surface area contributed by atoms with Crippen LogP contribution in [0.15, 0.2) is 12.1 Å². The van der Waals surface area contributed by atoms with Gasteiger partial charge < -0.3 is 10.5 Å². The summed E-state index contributed by atoms with van der Waals surface area (Å²) in [5.74, 6) is 0.387. The summed E-state index contributed by atoms with van der Waals surface area (Å²) >= 11 is 0. The van der Waals surface area contributed by atoms with E-state index in [1.807, 2.05) is 6.92 Å². The van der Waals surface area contributed by atoms with Crippen molar-refractivity contribution in [3.8, 4) is 5.75 Å². The van der Waals surface area contributed by atoms with Crippen molar-refractivity contribution in [2.75, 3.05) is 13.7 Å². The fourth-order valence-electron chi connectivity index (χ4n) is 1.64. The second-order valence-electron chi connectivity index (χ2n) is 3.64. The molecule has 0 saturated carbocycles. The number of benzene rings is 1. The number of methoxy groups -OCH3 is 1. The maximum Gasteiger partial charge on any atom is 0.127 e. The lowest BCUT2D eigenvalue weighted by Gasteiger charge is -2.10. The zero-order chi connectivity index (χ0) is 11.3. The van der Waals surface area contributed by atoms with Gasteiger partial charge in [0.05, 0.1) is 7.11 Å². The van der Waals surface area contributed by atoms with Gasteiger partial charge >= 0.3 is 0 Å². The first-order valence-electron chi connectivity index (χ1n) is 5.22. The zero-order valence-corrected chi connectivity index (χ0v) is 9.35. The minimum atomic E-state index is -0.236. The summed E-state index contributed by atoms with van der Waals surface area (Å²) in [4.78, 5) is 0. The number of hydrogen-bond acceptors (Lipinski definition) is 2. The van der Waals surface area contributed by atoms with Gasteiger partial charge in [0.25, 0.3) is 0 Å². The fourth-order valence-corrected chi connectivity index (χ4v) is 1.64. The van der Waals surface area contributed by atoms with E-state index in [2.05, 4.69) is 0 Å². The van der Waals surface area contributed by atoms with Crippen LogP contribution in [0.5, 0.6) is 5.75 Å². The van der Waals surface area contributed by atoms with Gasteiger partial charge in [0.1, 0.15) is 11.6 Å². The molecular weight excluding hydrogens is 193 g/mol. The van der Waals surface area contributed by atoms with Gasteiger partial charge in [-0.15, -0.1) is 0 Å². The molecule has 1 aromatic rings. The van der Waals surface area contributed by atoms with E-state index in [-0.39, 0.29) is 5.82 Å². The highest BCUT2D eigenvalue weighted by Crippen LogP contribution is 2.24. The Morgan fingerprint density at radius 2 is 2.07 bits per heavy atom. The van der Waals surface area contributed by atoms with E-state index in [0.717, 1.165) is 30.4 Å². The molecule has 15 heavy (non-hydrogen) atoms. The van der Waals surface area contributed by atoms with Crippen molar-refractivity contribution in [2.45, 2.75) is 26.2 Å². The van der Waals surface area contributed by atoms with Crippen LogP contribution in [0.2, 0.25) is 0 Å². The highest BCUT2D eigenvalue weighted by molar-refractivity contribution is 5.39. The molecule has 0 aliphatic carbocycles. The van der Waals surface area contributed by atoms with Crippen molar-refractivity contribution in [3.05, 3.63) is 29.1 Å². The van der Waals surface area contributed by atoms with E-state index >= 15 is 0 Å². The summed E-state index contributed by atoms with van der Waals surface area (Å²) in [6.45, 7) is 2.64. The number of halogens is 1. The lowest BCUT2D eigenvalue weighted by molar-refractivity contribution is 0.407. The smallest absolute Gasteiger partial charge is 0.127 e. The predicted molar refractivity (Wildman–Crippen MR) is 59.7 cm³/mol. The van der Waals surface area contributed by atoms with Crippen LogP contribution in [-0.2, 0) is 6.42 Å². The lowest BCUT2D eigenvalue weighted by Crippen LogP contribution is -2.01. The summed E-state index contributed by atoms with van der Waals surface area (Å²) in [6.07, 6.45) is 2.82. The predicted octanol–water partition coefficient (Wildman–Crippen LogP) is 2.42. The molecule has 84 valence electrons. The van der Waals surface area contributed by atoms with Crippen LogP contribution in [0.4, 0.5) is 4.39 Å². The van der Waals surface area contributed by atoms with E-state index in [1.165, 1.54) is 6.07 Å². The number of nitrogens with two attached hydrogens (primary N) is 1. The standard InChI is InChI=1S/C12H18FNO/c1-9-10(5-3-4-6-14)7-11(13)8-12(9)15-2/h7-8H,3-6,14H2,1-2H3. The second kappa shape index (κ2) is 5.71. The number of unbranched alkanes of at least 4 members (excludes halogenated alkanes) is 1. The summed E-state index contributed by atoms with van der Waals surface area (Å²) in [6, 6.07) is 3.00. The van der Waals surface area contributed by atoms with Crippen LogP contribution < -0.4 is 10.5 Å². The Morgan fingerprint density at radius 3 is 2.67 bits per heavy atom. The third kappa shape index (κ3) is 3.20. The first-order valence-corrected chi connectivity index (χ1v) is 5.22. The molecular formula is C12H18FNO. The molecule has 2 N–H and O–H groups in total. The van der Waals surface area contributed by atoms with Crippen molar-refractivity contribution in [1.29, 1.82) is 0 Å². The first-order chi connectivity index (χ1) is 7.19. The molecule has 1 aromatic carbocycles. The topological polar surface area (TPSA) is 35.2 Å². The van der Waals surface area contributed by atoms with E-state index in [9.17, 15) is 4.39 Å². The van der Waals surface area contributed by atoms with Gasteiger partial charge in [-0.2, -0.15) is 0 Å². The molecule has 0 aliphatic heterocycles. The van der Waals surface area contributed by atoms with Crippen molar-refractivity contribution in [3.63, 3.8) is 0 Å². The van der Waals surface area contributed by atoms with Gasteiger partial charge in [0.15, 0.2) is 0 Å². The number of ether oxygens (including phenoxy) is 1. The third-order valence-electron chi connectivity index (χ3n) is 2.55. The molecule has 0 radical (unpaired) electrons. The Labute approximate surface area is 90.2 Å². The van der Waals surface area contributed by atoms with Gasteiger partial charge in [-0.05, 0) is 49.9 Å². The first kappa shape index (κ1) is 12.0. The van der Waals surface area contributed by atoms with E-state index in [4.69, 9.17) is 10.5 Å². The molecule has 1 rings (SSSR count). The Balaban J connectivity index is 2.81. The molecule has 0 aromatic heterocycles. The van der Waals surface area contributed by atoms with Gasteiger partial charge in [-0.1, -0.05) is 0 Å². The maximum absolute atomic E-state index is 13.2. The quantitative estimate of drug-likeness (QED) is 0.759. The molecule has 0 saturated heterocycles. The molecule has 0 spiro atoms. The monoisotopic (exact) mass is 211 g/mol. The van der Waals surface area contributed by atoms with Crippen molar-refractivity contribution >= 4 is 0 Å². The summed E-state index contributed by atoms with van der Waals surface area (Å²) < 4.78 is 18.3. The minimum Gasteiger partial charge on any atom is -0.496 e. The lowest BCUT2D eigenvalue weighted by atomic mass is 10.0. The fraction of sp³-hybridized carbons (Fsp3) is 0.500. The molecule has 0 unspecified atom stereocenters. The highest BCUT2D eigenvalue weighted by Gasteiger charge is 2.07. The van der Waals surface area contributed by atoms with Gasteiger partial charge in [0, 0.05) is 6.07 Å². The van der Waals surface area contributed by atoms with Crippen LogP contribution in [-0.4, -0.2) is 13.7 Å². The maximum atomic E-state index is 13.2. The van der Waals surface area contributed by atoms with Crippen molar-refractivity contribution in [1.82, 2.24) is 0 Å². The number of rotatable bonds is 5. The van der Waals surface area contributed by atoms with Crippen LogP contribution in [0.3, 0.4) is 0 Å². The minimum absolute atomic E-state index is 0.236. The van der Waals surface area contributed by atoms with Gasteiger partial charge in [0.2, 0.25) is 0 Å². The highest BCUT2D eigenvalue weighted by atomic mass is 19.1. The average Bonchev–Trinajstić information content (AvgIpc) is 2.23. The van der Waals surface area contributed by atoms with Gasteiger partial charge in [-0.25, -0.2) is 4.39 Å². The summed E-state index contributed by atoms with van der Waals surface area (Å²) in [7, 11) is 1.56. The normalized spacial score (nSPS) is 10.4. The van der Waals surface area contributed by atoms with Crippen LogP contribution in [0.25, 0.3) is 0 Å². The van der Waals surface area contributed by atoms with Crippen LogP contribution in [0, 0.1) is 12.7 Å². The molecule has 0 bridgehead atoms. The van der Waals surface area contributed by atoms with E-state index in [1.54, 1.807) is 13.2 Å². The Morgan fingerprint density at radius 1 is 1.33 bits per heavy atom. The Kier molecular flexibility index (Phi) is 4.56. The van der Waals surface area contributed by atoms with Gasteiger partial charge in [-0.3, -0.25) is 0 Å². The van der Waals surface area contributed by atoms with Crippen molar-refractivity contribution in [2.24, 2.45) is 5.73 Å². The molecule has 0 heterocycles.